The van der Waals surface area contributed by atoms with Crippen LogP contribution in [0, 0.1) is 23.6 Å². The molecule has 1 amide bonds. The first kappa shape index (κ1) is 18.8. The maximum Gasteiger partial charge on any atom is 0.349 e. The van der Waals surface area contributed by atoms with E-state index in [4.69, 9.17) is 0 Å². The maximum atomic E-state index is 14.6. The van der Waals surface area contributed by atoms with E-state index in [0.29, 0.717) is 17.4 Å². The molecule has 1 heterocycles. The highest BCUT2D eigenvalue weighted by molar-refractivity contribution is 6.03. The number of rotatable bonds is 5. The van der Waals surface area contributed by atoms with Gasteiger partial charge in [-0.3, -0.25) is 9.36 Å². The number of benzene rings is 1. The number of hydrogen-bond acceptors (Lipinski definition) is 4. The number of nitrogens with one attached hydrogen (secondary N) is 1. The summed E-state index contributed by atoms with van der Waals surface area (Å²) in [7, 11) is 0. The normalized spacial score (nSPS) is 25.8. The van der Waals surface area contributed by atoms with Crippen LogP contribution >= 0.6 is 0 Å². The molecule has 4 rings (SSSR count). The molecule has 2 aliphatic carbocycles. The monoisotopic (exact) mass is 385 g/mol. The number of amides is 1. The Hall–Kier alpha value is -2.54. The number of fused-ring (bicyclic) bond motifs is 1. The van der Waals surface area contributed by atoms with E-state index in [0.717, 1.165) is 37.4 Å². The molecule has 0 aliphatic heterocycles. The van der Waals surface area contributed by atoms with Crippen LogP contribution in [0.1, 0.15) is 48.1 Å². The summed E-state index contributed by atoms with van der Waals surface area (Å²) in [4.78, 5) is 28.6. The third kappa shape index (κ3) is 3.46. The van der Waals surface area contributed by atoms with E-state index < -0.39 is 17.4 Å². The van der Waals surface area contributed by atoms with Crippen molar-refractivity contribution in [3.8, 4) is 0 Å². The molecule has 2 unspecified atom stereocenters. The van der Waals surface area contributed by atoms with E-state index in [-0.39, 0.29) is 24.4 Å². The Labute approximate surface area is 162 Å². The number of aliphatic hydroxyl groups excluding tert-OH is 1. The molecule has 148 valence electrons. The predicted molar refractivity (Wildman–Crippen MR) is 103 cm³/mol. The highest BCUT2D eigenvalue weighted by Crippen LogP contribution is 2.57. The summed E-state index contributed by atoms with van der Waals surface area (Å²) < 4.78 is 15.9. The second-order valence-electron chi connectivity index (χ2n) is 7.78. The Morgan fingerprint density at radius 3 is 2.71 bits per heavy atom. The Morgan fingerprint density at radius 2 is 2.04 bits per heavy atom. The molecule has 2 aliphatic rings. The largest absolute Gasteiger partial charge is 0.396 e. The molecule has 2 fully saturated rings. The van der Waals surface area contributed by atoms with Crippen LogP contribution < -0.4 is 11.0 Å². The number of nitrogens with zero attached hydrogens (tertiary/aromatic N) is 2. The van der Waals surface area contributed by atoms with Gasteiger partial charge in [0.1, 0.15) is 0 Å². The van der Waals surface area contributed by atoms with Crippen LogP contribution in [0.15, 0.2) is 35.3 Å². The lowest BCUT2D eigenvalue weighted by atomic mass is 9.86. The van der Waals surface area contributed by atoms with Crippen molar-refractivity contribution in [2.75, 3.05) is 11.9 Å². The first-order chi connectivity index (χ1) is 13.5. The Kier molecular flexibility index (Phi) is 5.02. The molecule has 0 saturated heterocycles. The van der Waals surface area contributed by atoms with Crippen molar-refractivity contribution >= 4 is 11.7 Å². The fourth-order valence-corrected chi connectivity index (χ4v) is 4.45. The van der Waals surface area contributed by atoms with Crippen molar-refractivity contribution in [2.45, 2.75) is 38.6 Å². The smallest absolute Gasteiger partial charge is 0.349 e. The summed E-state index contributed by atoms with van der Waals surface area (Å²) in [5.74, 6) is -0.586. The minimum Gasteiger partial charge on any atom is -0.396 e. The molecule has 1 aromatic carbocycles. The quantitative estimate of drug-likeness (QED) is 0.829. The number of carbonyl (C=O) groups excluding carboxylic acids is 1. The van der Waals surface area contributed by atoms with E-state index in [1.807, 2.05) is 19.1 Å². The van der Waals surface area contributed by atoms with Gasteiger partial charge in [0.2, 0.25) is 0 Å². The van der Waals surface area contributed by atoms with Crippen LogP contribution in [0.3, 0.4) is 0 Å². The molecule has 7 heteroatoms. The number of halogens is 1. The van der Waals surface area contributed by atoms with Gasteiger partial charge in [0, 0.05) is 24.4 Å². The lowest BCUT2D eigenvalue weighted by Crippen LogP contribution is -2.33. The molecule has 2 aromatic rings. The van der Waals surface area contributed by atoms with Gasteiger partial charge in [0.25, 0.3) is 5.91 Å². The standard InChI is InChI=1S/C21H24FN3O3/c1-2-12-3-5-13(6-4-12)20(27)23-19-17(22)10-25(21(28)24-19)18-8-7-14(11-26)15-9-16(15)18/h3-6,10,14-16,18,26H,2,7-9,11H2,1H3,(H,23,24,27,28)/t14-,15?,16?,18-/m0/s1. The Morgan fingerprint density at radius 1 is 1.29 bits per heavy atom. The average molecular weight is 385 g/mol. The molecule has 2 saturated carbocycles. The summed E-state index contributed by atoms with van der Waals surface area (Å²) >= 11 is 0. The first-order valence-electron chi connectivity index (χ1n) is 9.81. The molecule has 4 atom stereocenters. The minimum atomic E-state index is -0.723. The van der Waals surface area contributed by atoms with E-state index in [9.17, 15) is 19.1 Å². The Balaban J connectivity index is 1.51. The number of hydrogen-bond donors (Lipinski definition) is 2. The third-order valence-corrected chi connectivity index (χ3v) is 6.18. The van der Waals surface area contributed by atoms with Gasteiger partial charge in [-0.1, -0.05) is 19.1 Å². The van der Waals surface area contributed by atoms with Crippen LogP contribution in [0.5, 0.6) is 0 Å². The van der Waals surface area contributed by atoms with Crippen LogP contribution in [0.4, 0.5) is 10.2 Å². The summed E-state index contributed by atoms with van der Waals surface area (Å²) in [5, 5.41) is 11.8. The zero-order valence-corrected chi connectivity index (χ0v) is 15.8. The summed E-state index contributed by atoms with van der Waals surface area (Å²) in [5.41, 5.74) is 0.916. The zero-order valence-electron chi connectivity index (χ0n) is 15.8. The SMILES string of the molecule is CCc1ccc(C(=O)Nc2nc(=O)n([C@H]3CC[C@@H](CO)C4CC43)cc2F)cc1. The molecule has 28 heavy (non-hydrogen) atoms. The third-order valence-electron chi connectivity index (χ3n) is 6.18. The van der Waals surface area contributed by atoms with Gasteiger partial charge in [-0.15, -0.1) is 0 Å². The lowest BCUT2D eigenvalue weighted by molar-refractivity contribution is 0.102. The van der Waals surface area contributed by atoms with Crippen molar-refractivity contribution in [1.82, 2.24) is 9.55 Å². The minimum absolute atomic E-state index is 0.0892. The van der Waals surface area contributed by atoms with Gasteiger partial charge < -0.3 is 10.4 Å². The summed E-state index contributed by atoms with van der Waals surface area (Å²) in [6.45, 7) is 2.18. The maximum absolute atomic E-state index is 14.6. The molecule has 0 spiro atoms. The molecule has 6 nitrogen and oxygen atoms in total. The van der Waals surface area contributed by atoms with Gasteiger partial charge in [0.05, 0.1) is 0 Å². The van der Waals surface area contributed by atoms with Gasteiger partial charge in [0.15, 0.2) is 11.6 Å². The zero-order chi connectivity index (χ0) is 19.8. The van der Waals surface area contributed by atoms with Crippen molar-refractivity contribution in [1.29, 1.82) is 0 Å². The van der Waals surface area contributed by atoms with Crippen LogP contribution in [0.25, 0.3) is 0 Å². The van der Waals surface area contributed by atoms with E-state index in [1.54, 1.807) is 12.1 Å². The number of anilines is 1. The molecule has 0 radical (unpaired) electrons. The van der Waals surface area contributed by atoms with Crippen molar-refractivity contribution in [2.24, 2.45) is 17.8 Å². The number of aryl methyl sites for hydroxylation is 1. The molecule has 0 bridgehead atoms. The number of aromatic nitrogens is 2. The van der Waals surface area contributed by atoms with E-state index >= 15 is 0 Å². The van der Waals surface area contributed by atoms with Gasteiger partial charge in [-0.2, -0.15) is 4.98 Å². The molecule has 1 aromatic heterocycles. The summed E-state index contributed by atoms with van der Waals surface area (Å²) in [6, 6.07) is 6.92. The highest BCUT2D eigenvalue weighted by atomic mass is 19.1. The molecule has 2 N–H and O–H groups in total. The second-order valence-corrected chi connectivity index (χ2v) is 7.78. The van der Waals surface area contributed by atoms with Gasteiger partial charge in [-0.25, -0.2) is 9.18 Å². The van der Waals surface area contributed by atoms with Crippen LogP contribution in [0.2, 0.25) is 0 Å². The Bertz CT molecular complexity index is 941. The number of aliphatic hydroxyl groups is 1. The lowest BCUT2D eigenvalue weighted by Gasteiger charge is -2.28. The average Bonchev–Trinajstić information content (AvgIpc) is 3.51. The van der Waals surface area contributed by atoms with Crippen LogP contribution in [-0.2, 0) is 6.42 Å². The van der Waals surface area contributed by atoms with Crippen LogP contribution in [-0.4, -0.2) is 27.2 Å². The fourth-order valence-electron chi connectivity index (χ4n) is 4.45. The van der Waals surface area contributed by atoms with Gasteiger partial charge in [-0.05, 0) is 61.1 Å². The van der Waals surface area contributed by atoms with E-state index in [1.165, 1.54) is 4.57 Å². The second kappa shape index (κ2) is 7.47. The fraction of sp³-hybridized carbons (Fsp3) is 0.476. The van der Waals surface area contributed by atoms with E-state index in [2.05, 4.69) is 10.3 Å². The number of carbonyl (C=O) groups is 1. The highest BCUT2D eigenvalue weighted by Gasteiger charge is 2.51. The van der Waals surface area contributed by atoms with Crippen molar-refractivity contribution < 1.29 is 14.3 Å². The molecular formula is C21H24FN3O3. The first-order valence-corrected chi connectivity index (χ1v) is 9.81. The predicted octanol–water partition coefficient (Wildman–Crippen LogP) is 2.78. The summed E-state index contributed by atoms with van der Waals surface area (Å²) in [6.07, 6.45) is 4.52. The van der Waals surface area contributed by atoms with Gasteiger partial charge >= 0.3 is 5.69 Å². The topological polar surface area (TPSA) is 84.2 Å². The van der Waals surface area contributed by atoms with Crippen molar-refractivity contribution in [3.63, 3.8) is 0 Å². The van der Waals surface area contributed by atoms with Crippen molar-refractivity contribution in [3.05, 3.63) is 57.9 Å². The molecular weight excluding hydrogens is 361 g/mol.